The molecule has 5 rings (SSSR count). The number of benzene rings is 2. The quantitative estimate of drug-likeness (QED) is 0.254. The van der Waals surface area contributed by atoms with E-state index in [1.165, 1.54) is 0 Å². The molecule has 2 amide bonds. The molecule has 0 bridgehead atoms. The van der Waals surface area contributed by atoms with Crippen molar-refractivity contribution in [3.63, 3.8) is 0 Å². The van der Waals surface area contributed by atoms with E-state index in [1.54, 1.807) is 11.8 Å². The lowest BCUT2D eigenvalue weighted by Gasteiger charge is -2.18. The summed E-state index contributed by atoms with van der Waals surface area (Å²) >= 11 is 1.67. The first kappa shape index (κ1) is 23.5. The van der Waals surface area contributed by atoms with Gasteiger partial charge in [-0.1, -0.05) is 32.0 Å². The molecule has 0 saturated carbocycles. The number of nitrogens with zero attached hydrogens (tertiary/aromatic N) is 2. The van der Waals surface area contributed by atoms with Gasteiger partial charge < -0.3 is 14.5 Å². The van der Waals surface area contributed by atoms with E-state index in [1.807, 2.05) is 36.7 Å². The molecule has 2 aromatic heterocycles. The number of para-hydroxylation sites is 1. The molecule has 3 heterocycles. The van der Waals surface area contributed by atoms with Crippen LogP contribution in [0, 0.1) is 0 Å². The van der Waals surface area contributed by atoms with Gasteiger partial charge in [-0.25, -0.2) is 0 Å². The third-order valence-corrected chi connectivity index (χ3v) is 7.64. The molecule has 2 aromatic carbocycles. The van der Waals surface area contributed by atoms with E-state index in [-0.39, 0.29) is 11.8 Å². The molecule has 35 heavy (non-hydrogen) atoms. The van der Waals surface area contributed by atoms with Gasteiger partial charge in [-0.2, -0.15) is 0 Å². The van der Waals surface area contributed by atoms with Crippen LogP contribution in [0.1, 0.15) is 31.4 Å². The Labute approximate surface area is 209 Å². The zero-order valence-electron chi connectivity index (χ0n) is 20.4. The van der Waals surface area contributed by atoms with Crippen molar-refractivity contribution in [1.29, 1.82) is 0 Å². The first-order valence-electron chi connectivity index (χ1n) is 12.1. The van der Waals surface area contributed by atoms with Gasteiger partial charge in [-0.3, -0.25) is 14.9 Å². The number of hydrogen-bond acceptors (Lipinski definition) is 4. The van der Waals surface area contributed by atoms with Gasteiger partial charge in [0.15, 0.2) is 0 Å². The summed E-state index contributed by atoms with van der Waals surface area (Å²) in [5, 5.41) is 4.48. The lowest BCUT2D eigenvalue weighted by molar-refractivity contribution is -0.122. The van der Waals surface area contributed by atoms with Crippen LogP contribution in [0.25, 0.3) is 33.0 Å². The van der Waals surface area contributed by atoms with Gasteiger partial charge in [0.25, 0.3) is 11.8 Å². The fourth-order valence-electron chi connectivity index (χ4n) is 5.04. The lowest BCUT2D eigenvalue weighted by atomic mass is 9.95. The van der Waals surface area contributed by atoms with Gasteiger partial charge >= 0.3 is 0 Å². The zero-order valence-corrected chi connectivity index (χ0v) is 21.2. The summed E-state index contributed by atoms with van der Waals surface area (Å²) in [6.45, 7) is 8.31. The zero-order chi connectivity index (χ0) is 24.5. The maximum Gasteiger partial charge on any atom is 0.259 e. The number of nitrogens with one attached hydrogen (secondary N) is 2. The second-order valence-corrected chi connectivity index (χ2v) is 9.66. The number of carbonyl (C=O) groups excluding carboxylic acids is 2. The SMILES string of the molecule is CCN(CC)CCCn1cc(C2=C(c3c[nH]c4ccccc34)C(=O)NC2=O)c2cc(SC)ccc21. The molecule has 1 aliphatic heterocycles. The molecule has 4 aromatic rings. The molecular weight excluding hydrogens is 456 g/mol. The molecule has 0 unspecified atom stereocenters. The van der Waals surface area contributed by atoms with Crippen molar-refractivity contribution in [3.8, 4) is 0 Å². The fraction of sp³-hybridized carbons (Fsp3) is 0.286. The van der Waals surface area contributed by atoms with Crippen LogP contribution in [-0.2, 0) is 16.1 Å². The number of aromatic amines is 1. The molecule has 0 spiro atoms. The molecule has 7 heteroatoms. The maximum absolute atomic E-state index is 13.2. The number of hydrogen-bond donors (Lipinski definition) is 2. The number of fused-ring (bicyclic) bond motifs is 2. The van der Waals surface area contributed by atoms with Gasteiger partial charge in [-0.15, -0.1) is 11.8 Å². The average Bonchev–Trinajstić information content (AvgIpc) is 3.54. The Kier molecular flexibility index (Phi) is 6.54. The Morgan fingerprint density at radius 1 is 0.943 bits per heavy atom. The lowest BCUT2D eigenvalue weighted by Crippen LogP contribution is -2.24. The predicted octanol–water partition coefficient (Wildman–Crippen LogP) is 5.14. The standard InChI is InChI=1S/C28H30N4O2S/c1-4-31(5-2)13-8-14-32-17-22(20-15-18(35-3)11-12-24(20)32)26-25(27(33)30-28(26)34)21-16-29-23-10-7-6-9-19(21)23/h6-7,9-12,15-17,29H,4-5,8,13-14H2,1-3H3,(H,30,33,34). The largest absolute Gasteiger partial charge is 0.361 e. The fourth-order valence-corrected chi connectivity index (χ4v) is 5.48. The molecule has 0 fully saturated rings. The minimum atomic E-state index is -0.349. The number of rotatable bonds is 9. The minimum absolute atomic E-state index is 0.341. The number of imide groups is 1. The first-order chi connectivity index (χ1) is 17.0. The summed E-state index contributed by atoms with van der Waals surface area (Å²) in [6, 6.07) is 14.2. The van der Waals surface area contributed by atoms with Crippen molar-refractivity contribution in [3.05, 3.63) is 66.0 Å². The van der Waals surface area contributed by atoms with E-state index in [0.717, 1.165) is 70.4 Å². The number of aryl methyl sites for hydroxylation is 1. The number of aromatic nitrogens is 2. The molecule has 6 nitrogen and oxygen atoms in total. The smallest absolute Gasteiger partial charge is 0.259 e. The van der Waals surface area contributed by atoms with Crippen molar-refractivity contribution in [2.75, 3.05) is 25.9 Å². The predicted molar refractivity (Wildman–Crippen MR) is 144 cm³/mol. The molecule has 180 valence electrons. The van der Waals surface area contributed by atoms with E-state index in [0.29, 0.717) is 11.1 Å². The third kappa shape index (κ3) is 4.19. The van der Waals surface area contributed by atoms with Gasteiger partial charge in [0.05, 0.1) is 11.1 Å². The van der Waals surface area contributed by atoms with Crippen molar-refractivity contribution in [2.45, 2.75) is 31.7 Å². The molecule has 0 aliphatic carbocycles. The van der Waals surface area contributed by atoms with E-state index >= 15 is 0 Å². The second kappa shape index (κ2) is 9.76. The van der Waals surface area contributed by atoms with Crippen molar-refractivity contribution in [1.82, 2.24) is 19.8 Å². The van der Waals surface area contributed by atoms with E-state index < -0.39 is 0 Å². The second-order valence-electron chi connectivity index (χ2n) is 8.78. The Morgan fingerprint density at radius 3 is 2.43 bits per heavy atom. The van der Waals surface area contributed by atoms with E-state index in [4.69, 9.17) is 0 Å². The number of thioether (sulfide) groups is 1. The highest BCUT2D eigenvalue weighted by atomic mass is 32.2. The topological polar surface area (TPSA) is 70.1 Å². The Bertz CT molecular complexity index is 1460. The van der Waals surface area contributed by atoms with Crippen molar-refractivity contribution >= 4 is 56.5 Å². The van der Waals surface area contributed by atoms with Crippen LogP contribution in [0.15, 0.2) is 59.8 Å². The number of H-pyrrole nitrogens is 1. The van der Waals surface area contributed by atoms with E-state index in [9.17, 15) is 9.59 Å². The van der Waals surface area contributed by atoms with Crippen LogP contribution in [0.4, 0.5) is 0 Å². The highest BCUT2D eigenvalue weighted by Crippen LogP contribution is 2.39. The van der Waals surface area contributed by atoms with Crippen LogP contribution in [0.2, 0.25) is 0 Å². The van der Waals surface area contributed by atoms with Gasteiger partial charge in [-0.05, 0) is 56.6 Å². The van der Waals surface area contributed by atoms with Crippen LogP contribution in [0.5, 0.6) is 0 Å². The minimum Gasteiger partial charge on any atom is -0.361 e. The molecular formula is C28H30N4O2S. The summed E-state index contributed by atoms with van der Waals surface area (Å²) < 4.78 is 2.23. The summed E-state index contributed by atoms with van der Waals surface area (Å²) in [5.41, 5.74) is 4.46. The Morgan fingerprint density at radius 2 is 1.69 bits per heavy atom. The average molecular weight is 487 g/mol. The van der Waals surface area contributed by atoms with Crippen molar-refractivity contribution < 1.29 is 9.59 Å². The van der Waals surface area contributed by atoms with Crippen LogP contribution < -0.4 is 5.32 Å². The van der Waals surface area contributed by atoms with Crippen LogP contribution in [-0.4, -0.2) is 52.2 Å². The Balaban J connectivity index is 1.66. The van der Waals surface area contributed by atoms with Gasteiger partial charge in [0, 0.05) is 56.8 Å². The number of amides is 2. The third-order valence-electron chi connectivity index (χ3n) is 6.92. The van der Waals surface area contributed by atoms with Crippen LogP contribution >= 0.6 is 11.8 Å². The normalized spacial score (nSPS) is 14.2. The van der Waals surface area contributed by atoms with Gasteiger partial charge in [0.2, 0.25) is 0 Å². The molecule has 0 radical (unpaired) electrons. The number of carbonyl (C=O) groups is 2. The maximum atomic E-state index is 13.2. The summed E-state index contributed by atoms with van der Waals surface area (Å²) in [7, 11) is 0. The monoisotopic (exact) mass is 486 g/mol. The van der Waals surface area contributed by atoms with Crippen LogP contribution in [0.3, 0.4) is 0 Å². The highest BCUT2D eigenvalue weighted by Gasteiger charge is 2.35. The molecule has 2 N–H and O–H groups in total. The summed E-state index contributed by atoms with van der Waals surface area (Å²) in [6.07, 6.45) is 6.94. The van der Waals surface area contributed by atoms with E-state index in [2.05, 4.69) is 58.0 Å². The first-order valence-corrected chi connectivity index (χ1v) is 13.3. The molecule has 0 atom stereocenters. The van der Waals surface area contributed by atoms with Gasteiger partial charge in [0.1, 0.15) is 0 Å². The molecule has 0 saturated heterocycles. The molecule has 1 aliphatic rings. The summed E-state index contributed by atoms with van der Waals surface area (Å²) in [4.78, 5) is 33.0. The van der Waals surface area contributed by atoms with Crippen molar-refractivity contribution in [2.24, 2.45) is 0 Å². The Hall–Kier alpha value is -3.29. The highest BCUT2D eigenvalue weighted by molar-refractivity contribution is 7.98. The summed E-state index contributed by atoms with van der Waals surface area (Å²) in [5.74, 6) is -0.690.